The Morgan fingerprint density at radius 3 is 1.77 bits per heavy atom. The molecule has 31 nitrogen and oxygen atoms in total. The standard InChI is InChI=1S/C14H16N5O3.C14H18N5.C14H16N4O.C14H15N3O2.2CH4O4S/c1-17(2)11-7-8-12(13(10-11)19(20)21)15-16-14-6-4-5-9-18(14)22-3;1-18(2)12-6-7-14(13(15)9-12)17-16-11-5-4-8-19(3)10-11;1-9-8-13(10(2)7-12(9)15)16-17-14-6-4-5-11(3)18(14)19;1-9-4-5-17(19)14(6-9)16-15-12-7-11(3)13(18)8-10(12)2;2*1-6(3,4)5-2/h4-10H,1-3H3;4-10H,15H2,1-3H3;4-8,15,19H,1-3H3;4-8,19H,1-3H3;2*2H,1H3/q2*+1;;;;/p-2. The van der Waals surface area contributed by atoms with Gasteiger partial charge in [0.05, 0.1) is 51.1 Å². The lowest BCUT2D eigenvalue weighted by Gasteiger charge is -2.13. The molecule has 8 rings (SSSR count). The van der Waals surface area contributed by atoms with Gasteiger partial charge in [0, 0.05) is 64.0 Å². The van der Waals surface area contributed by atoms with E-state index < -0.39 is 25.2 Å². The number of carbonyl (C=O) groups is 1. The van der Waals surface area contributed by atoms with E-state index in [1.165, 1.54) is 30.2 Å². The van der Waals surface area contributed by atoms with Crippen LogP contribution in [0.5, 0.6) is 0 Å². The van der Waals surface area contributed by atoms with Crippen molar-refractivity contribution in [3.05, 3.63) is 201 Å². The Morgan fingerprint density at radius 1 is 0.648 bits per heavy atom. The Bertz CT molecular complexity index is 4150. The number of nitrogens with two attached hydrogens (primary N) is 1. The topological polar surface area (TPSA) is 416 Å². The zero-order chi connectivity index (χ0) is 68.3. The van der Waals surface area contributed by atoms with Crippen LogP contribution in [0.15, 0.2) is 209 Å². The minimum atomic E-state index is -3.72. The Labute approximate surface area is 525 Å². The number of aryl methyl sites for hydroxylation is 3. The van der Waals surface area contributed by atoms with Crippen molar-refractivity contribution in [3.63, 3.8) is 0 Å². The van der Waals surface area contributed by atoms with Gasteiger partial charge in [-0.3, -0.25) is 14.9 Å². The molecule has 33 heteroatoms. The van der Waals surface area contributed by atoms with Crippen molar-refractivity contribution in [1.82, 2.24) is 9.46 Å². The third-order valence-corrected chi connectivity index (χ3v) is 12.2. The molecule has 4 heterocycles. The monoisotopic (exact) mass is 1290 g/mol. The van der Waals surface area contributed by atoms with Gasteiger partial charge in [-0.15, -0.1) is 30.6 Å². The number of nitrogens with zero attached hydrogens (tertiary/aromatic N) is 15. The summed E-state index contributed by atoms with van der Waals surface area (Å²) in [4.78, 5) is 31.0. The average Bonchev–Trinajstić information content (AvgIpc) is 1.49. The second-order valence-electron chi connectivity index (χ2n) is 19.7. The smallest absolute Gasteiger partial charge is 0.388 e. The quantitative estimate of drug-likeness (QED) is 0.0173. The van der Waals surface area contributed by atoms with E-state index in [2.05, 4.69) is 49.5 Å². The highest BCUT2D eigenvalue weighted by molar-refractivity contribution is 7.86. The van der Waals surface area contributed by atoms with Gasteiger partial charge in [-0.25, -0.2) is 21.4 Å². The molecule has 484 valence electrons. The predicted octanol–water partition coefficient (Wildman–Crippen LogP) is 5.45. The first-order valence-electron chi connectivity index (χ1n) is 26.4. The maximum atomic E-state index is 11.4. The number of azo groups is 2. The summed E-state index contributed by atoms with van der Waals surface area (Å²) >= 11 is 0. The van der Waals surface area contributed by atoms with Gasteiger partial charge in [-0.1, -0.05) is 6.07 Å². The lowest BCUT2D eigenvalue weighted by atomic mass is 9.98. The second-order valence-corrected chi connectivity index (χ2v) is 22.8. The number of rotatable bonds is 12. The molecule has 0 saturated carbocycles. The molecule has 6 aromatic rings. The summed E-state index contributed by atoms with van der Waals surface area (Å²) in [6.45, 7) is 11.0. The zero-order valence-electron chi connectivity index (χ0n) is 52.3. The molecule has 4 aromatic heterocycles. The number of benzene rings is 2. The Kier molecular flexibility index (Phi) is 29.1. The zero-order valence-corrected chi connectivity index (χ0v) is 53.9. The number of anilines is 3. The number of allylic oxidation sites excluding steroid dienone is 8. The molecule has 0 bridgehead atoms. The van der Waals surface area contributed by atoms with Crippen LogP contribution in [0.3, 0.4) is 0 Å². The lowest BCUT2D eigenvalue weighted by molar-refractivity contribution is -0.875. The molecule has 0 radical (unpaired) electrons. The van der Waals surface area contributed by atoms with E-state index in [0.717, 1.165) is 48.8 Å². The van der Waals surface area contributed by atoms with Crippen LogP contribution in [-0.2, 0) is 40.7 Å². The Morgan fingerprint density at radius 2 is 1.21 bits per heavy atom. The number of ketones is 1. The minimum Gasteiger partial charge on any atom is -0.707 e. The van der Waals surface area contributed by atoms with Gasteiger partial charge in [-0.05, 0) is 176 Å². The first-order chi connectivity index (χ1) is 42.7. The number of nitrogens with one attached hydrogen (secondary N) is 1. The average molecular weight is 1290 g/mol. The maximum Gasteiger partial charge on any atom is 0.388 e. The van der Waals surface area contributed by atoms with Gasteiger partial charge >= 0.3 is 11.5 Å². The van der Waals surface area contributed by atoms with Crippen LogP contribution in [0.2, 0.25) is 0 Å². The largest absolute Gasteiger partial charge is 0.707 e. The summed E-state index contributed by atoms with van der Waals surface area (Å²) in [5.41, 5.74) is 17.2. The van der Waals surface area contributed by atoms with Crippen molar-refractivity contribution in [2.45, 2.75) is 41.5 Å². The highest BCUT2D eigenvalue weighted by atomic mass is 32.2. The molecule has 0 spiro atoms. The summed E-state index contributed by atoms with van der Waals surface area (Å²) in [7, 11) is 3.57. The third kappa shape index (κ3) is 26.0. The van der Waals surface area contributed by atoms with Gasteiger partial charge < -0.3 is 55.4 Å². The van der Waals surface area contributed by atoms with E-state index in [4.69, 9.17) is 26.5 Å². The fraction of sp³-hybridized carbons (Fsp3) is 0.241. The van der Waals surface area contributed by atoms with Crippen LogP contribution in [0.1, 0.15) is 39.0 Å². The van der Waals surface area contributed by atoms with Crippen molar-refractivity contribution >= 4 is 88.8 Å². The summed E-state index contributed by atoms with van der Waals surface area (Å²) in [6, 6.07) is 28.3. The molecular weight excluding hydrogens is 1220 g/mol. The number of pyridine rings is 4. The van der Waals surface area contributed by atoms with Gasteiger partial charge in [0.25, 0.3) is 20.2 Å². The van der Waals surface area contributed by atoms with E-state index in [9.17, 15) is 42.2 Å². The first-order valence-corrected chi connectivity index (χ1v) is 30.1. The molecule has 0 atom stereocenters. The van der Waals surface area contributed by atoms with Crippen LogP contribution >= 0.6 is 0 Å². The van der Waals surface area contributed by atoms with Crippen molar-refractivity contribution < 1.29 is 70.3 Å². The van der Waals surface area contributed by atoms with Gasteiger partial charge in [-0.2, -0.15) is 9.46 Å². The number of hydrogen-bond donors (Lipinski definition) is 4. The van der Waals surface area contributed by atoms with E-state index in [-0.39, 0.29) is 17.2 Å². The van der Waals surface area contributed by atoms with Crippen LogP contribution in [0, 0.1) is 29.4 Å². The third-order valence-electron chi connectivity index (χ3n) is 11.7. The SMILES string of the molecule is CC1=CC(=NN=c2cc(C)ccn2O)C(C)=CC1=O.CC1=CC(=NN=c2cccc(C)n2O)C(C)=CC1=N.CN(C)c1ccc(N=Nc2ccc[n+](C)c2)c(N)c1.CO[n+]1ccccc1N=Nc1ccc(N(C)C)cc1[N+](=O)[O-].CS(=O)(=O)O[O-].CS(=O)(=O)O[O-]. The summed E-state index contributed by atoms with van der Waals surface area (Å²) < 4.78 is 48.4. The molecule has 2 aromatic carbocycles. The molecular formula is C58H71N17O14S2. The van der Waals surface area contributed by atoms with Crippen molar-refractivity contribution in [1.29, 1.82) is 5.41 Å². The van der Waals surface area contributed by atoms with Gasteiger partial charge in [0.1, 0.15) is 31.7 Å². The molecule has 0 unspecified atom stereocenters. The van der Waals surface area contributed by atoms with E-state index in [0.29, 0.717) is 69.1 Å². The highest BCUT2D eigenvalue weighted by Crippen LogP contribution is 2.32. The fourth-order valence-electron chi connectivity index (χ4n) is 6.76. The normalized spacial score (nSPS) is 14.2. The second kappa shape index (κ2) is 35.4. The van der Waals surface area contributed by atoms with Crippen molar-refractivity contribution in [2.24, 2.45) is 47.9 Å². The summed E-state index contributed by atoms with van der Waals surface area (Å²) in [5, 5.41) is 88.6. The van der Waals surface area contributed by atoms with Crippen LogP contribution < -0.4 is 51.2 Å². The molecule has 0 aliphatic heterocycles. The van der Waals surface area contributed by atoms with Crippen LogP contribution in [0.25, 0.3) is 0 Å². The molecule has 5 N–H and O–H groups in total. The summed E-state index contributed by atoms with van der Waals surface area (Å²) in [5.74, 6) is 0.417. The van der Waals surface area contributed by atoms with Gasteiger partial charge in [0.2, 0.25) is 0 Å². The molecule has 91 heavy (non-hydrogen) atoms. The van der Waals surface area contributed by atoms with Crippen LogP contribution in [-0.4, -0.2) is 112 Å². The molecule has 2 aliphatic rings. The lowest BCUT2D eigenvalue weighted by Crippen LogP contribution is -2.39. The van der Waals surface area contributed by atoms with Crippen LogP contribution in [0.4, 0.5) is 45.6 Å². The first kappa shape index (κ1) is 74.7. The predicted molar refractivity (Wildman–Crippen MR) is 336 cm³/mol. The molecule has 0 amide bonds. The molecule has 0 fully saturated rings. The van der Waals surface area contributed by atoms with E-state index in [1.807, 2.05) is 114 Å². The number of hydrogen-bond acceptors (Lipinski definition) is 26. The van der Waals surface area contributed by atoms with E-state index >= 15 is 0 Å². The highest BCUT2D eigenvalue weighted by Gasteiger charge is 2.19. The maximum absolute atomic E-state index is 11.4. The Balaban J connectivity index is 0.000000299. The fourth-order valence-corrected chi connectivity index (χ4v) is 6.76. The summed E-state index contributed by atoms with van der Waals surface area (Å²) in [6.07, 6.45) is 15.2. The number of nitrogen functional groups attached to an aromatic ring is 1. The number of nitro groups is 1. The molecule has 0 saturated heterocycles. The Hall–Kier alpha value is -10.6. The molecule has 2 aliphatic carbocycles. The van der Waals surface area contributed by atoms with Gasteiger partial charge in [0.15, 0.2) is 34.8 Å². The van der Waals surface area contributed by atoms with E-state index in [1.54, 1.807) is 105 Å². The minimum absolute atomic E-state index is 0.00997. The number of nitro benzene ring substituents is 1. The van der Waals surface area contributed by atoms with Crippen molar-refractivity contribution in [2.75, 3.05) is 63.3 Å². The number of aromatic nitrogens is 4. The van der Waals surface area contributed by atoms with Crippen molar-refractivity contribution in [3.8, 4) is 0 Å². The number of carbonyl (C=O) groups excluding carboxylic acids is 1.